The molecule has 0 saturated carbocycles. The lowest BCUT2D eigenvalue weighted by Gasteiger charge is -2.44. The molecule has 2 unspecified atom stereocenters. The average molecular weight is 590 g/mol. The first kappa shape index (κ1) is 30.7. The Kier molecular flexibility index (Phi) is 9.58. The maximum atomic E-state index is 13.7. The van der Waals surface area contributed by atoms with Gasteiger partial charge in [-0.3, -0.25) is 19.5 Å². The second-order valence-corrected chi connectivity index (χ2v) is 9.79. The molecule has 2 aromatic rings. The van der Waals surface area contributed by atoms with E-state index in [0.29, 0.717) is 5.69 Å². The lowest BCUT2D eigenvalue weighted by molar-refractivity contribution is -0.165. The van der Waals surface area contributed by atoms with Crippen LogP contribution in [0.4, 0.5) is 18.0 Å². The summed E-state index contributed by atoms with van der Waals surface area (Å²) in [5, 5.41) is 0. The van der Waals surface area contributed by atoms with E-state index in [1.54, 1.807) is 18.2 Å². The molecule has 2 aliphatic heterocycles. The van der Waals surface area contributed by atoms with Crippen LogP contribution < -0.4 is 5.73 Å². The number of imide groups is 1. The number of benzene rings is 1. The van der Waals surface area contributed by atoms with Crippen molar-refractivity contribution in [3.8, 4) is 0 Å². The predicted molar refractivity (Wildman–Crippen MR) is 141 cm³/mol. The number of urea groups is 1. The number of pyridine rings is 1. The van der Waals surface area contributed by atoms with Gasteiger partial charge in [0.25, 0.3) is 11.8 Å². The summed E-state index contributed by atoms with van der Waals surface area (Å²) in [5.41, 5.74) is 4.70. The minimum atomic E-state index is -4.83. The summed E-state index contributed by atoms with van der Waals surface area (Å²) in [6.07, 6.45) is -2.65. The Morgan fingerprint density at radius 1 is 1.10 bits per heavy atom. The number of aromatic nitrogens is 1. The van der Waals surface area contributed by atoms with Crippen LogP contribution in [-0.4, -0.2) is 101 Å². The zero-order chi connectivity index (χ0) is 30.3. The number of nitrogens with two attached hydrogens (primary N) is 1. The van der Waals surface area contributed by atoms with Gasteiger partial charge in [0, 0.05) is 44.0 Å². The van der Waals surface area contributed by atoms with Gasteiger partial charge in [0.05, 0.1) is 19.8 Å². The van der Waals surface area contributed by atoms with Crippen LogP contribution in [0, 0.1) is 0 Å². The fourth-order valence-corrected chi connectivity index (χ4v) is 4.96. The maximum absolute atomic E-state index is 13.7. The first-order valence-electron chi connectivity index (χ1n) is 13.1. The van der Waals surface area contributed by atoms with E-state index in [2.05, 4.69) is 4.98 Å². The van der Waals surface area contributed by atoms with Gasteiger partial charge in [-0.15, -0.1) is 0 Å². The molecule has 0 bridgehead atoms. The van der Waals surface area contributed by atoms with E-state index < -0.39 is 54.7 Å². The van der Waals surface area contributed by atoms with Crippen molar-refractivity contribution in [2.75, 3.05) is 39.3 Å². The molecule has 0 spiro atoms. The van der Waals surface area contributed by atoms with E-state index in [4.69, 9.17) is 15.2 Å². The van der Waals surface area contributed by atoms with Crippen molar-refractivity contribution in [2.45, 2.75) is 30.8 Å². The van der Waals surface area contributed by atoms with Gasteiger partial charge in [-0.1, -0.05) is 42.5 Å². The van der Waals surface area contributed by atoms with Gasteiger partial charge in [-0.05, 0) is 17.7 Å². The number of ether oxygens (including phenoxy) is 2. The predicted octanol–water partition coefficient (Wildman–Crippen LogP) is 1.68. The Morgan fingerprint density at radius 2 is 1.83 bits per heavy atom. The average Bonchev–Trinajstić information content (AvgIpc) is 3.16. The molecule has 1 aromatic carbocycles. The van der Waals surface area contributed by atoms with Crippen LogP contribution in [-0.2, 0) is 36.9 Å². The monoisotopic (exact) mass is 589 g/mol. The van der Waals surface area contributed by atoms with Crippen LogP contribution in [0.5, 0.6) is 0 Å². The first-order chi connectivity index (χ1) is 20.0. The quantitative estimate of drug-likeness (QED) is 0.238. The van der Waals surface area contributed by atoms with Gasteiger partial charge in [0.15, 0.2) is 0 Å². The normalized spacial score (nSPS) is 19.8. The van der Waals surface area contributed by atoms with E-state index in [-0.39, 0.29) is 44.2 Å². The third-order valence-corrected chi connectivity index (χ3v) is 6.82. The third-order valence-electron chi connectivity index (χ3n) is 6.82. The number of carbonyl (C=O) groups excluding carboxylic acids is 4. The molecule has 2 aliphatic rings. The van der Waals surface area contributed by atoms with Crippen molar-refractivity contribution >= 4 is 23.8 Å². The molecule has 11 nitrogen and oxygen atoms in total. The molecule has 224 valence electrons. The Hall–Kier alpha value is -4.30. The number of hydrogen-bond donors (Lipinski definition) is 1. The van der Waals surface area contributed by atoms with E-state index in [9.17, 15) is 32.3 Å². The summed E-state index contributed by atoms with van der Waals surface area (Å²) < 4.78 is 51.0. The topological polar surface area (TPSA) is 135 Å². The van der Waals surface area contributed by atoms with Gasteiger partial charge < -0.3 is 25.0 Å². The largest absolute Gasteiger partial charge is 0.447 e. The Balaban J connectivity index is 1.60. The van der Waals surface area contributed by atoms with Crippen LogP contribution in [0.2, 0.25) is 0 Å². The van der Waals surface area contributed by atoms with Crippen LogP contribution in [0.3, 0.4) is 0 Å². The van der Waals surface area contributed by atoms with Gasteiger partial charge in [0.1, 0.15) is 12.1 Å². The fraction of sp³-hybridized carbons (Fsp3) is 0.393. The summed E-state index contributed by atoms with van der Waals surface area (Å²) in [6, 6.07) is 12.8. The summed E-state index contributed by atoms with van der Waals surface area (Å²) in [6.45, 7) is -2.72. The highest BCUT2D eigenvalue weighted by atomic mass is 19.4. The van der Waals surface area contributed by atoms with Crippen molar-refractivity contribution in [3.63, 3.8) is 0 Å². The second-order valence-electron chi connectivity index (χ2n) is 9.79. The molecule has 4 rings (SSSR count). The van der Waals surface area contributed by atoms with Gasteiger partial charge in [-0.2, -0.15) is 13.2 Å². The first-order valence-corrected chi connectivity index (χ1v) is 13.1. The van der Waals surface area contributed by atoms with E-state index >= 15 is 0 Å². The van der Waals surface area contributed by atoms with Gasteiger partial charge in [-0.25, -0.2) is 9.59 Å². The fourth-order valence-electron chi connectivity index (χ4n) is 4.96. The zero-order valence-electron chi connectivity index (χ0n) is 22.5. The van der Waals surface area contributed by atoms with E-state index in [0.717, 1.165) is 16.5 Å². The second kappa shape index (κ2) is 13.1. The summed E-state index contributed by atoms with van der Waals surface area (Å²) in [4.78, 5) is 59.4. The Bertz CT molecular complexity index is 1310. The molecule has 2 fully saturated rings. The standard InChI is InChI=1S/C28H30F3N5O6/c29-28(30,31)19-35-25(39)27(15-21-9-4-5-12-33-21)18-34(13-14-36(27)26(35)40)24(38)22(42-23(37)10-6-11-32)17-41-16-20-7-2-1-3-8-20/h1-10,12,22H,11,13-19,32H2. The number of esters is 1. The van der Waals surface area contributed by atoms with E-state index in [1.807, 2.05) is 30.3 Å². The number of fused-ring (bicyclic) bond motifs is 1. The van der Waals surface area contributed by atoms with Crippen molar-refractivity contribution in [3.05, 3.63) is 78.1 Å². The SMILES string of the molecule is NCC=CC(=O)OC(COCc1ccccc1)C(=O)N1CCN2C(=O)N(CC(F)(F)F)C(=O)C2(Cc2ccccn2)C1. The molecule has 2 N–H and O–H groups in total. The summed E-state index contributed by atoms with van der Waals surface area (Å²) in [7, 11) is 0. The van der Waals surface area contributed by atoms with Crippen LogP contribution in [0.1, 0.15) is 11.3 Å². The molecule has 4 amide bonds. The number of amides is 4. The molecule has 3 heterocycles. The van der Waals surface area contributed by atoms with Crippen molar-refractivity contribution in [1.29, 1.82) is 0 Å². The number of nitrogens with zero attached hydrogens (tertiary/aromatic N) is 4. The minimum absolute atomic E-state index is 0.0563. The van der Waals surface area contributed by atoms with Crippen LogP contribution in [0.25, 0.3) is 0 Å². The number of halogens is 3. The number of alkyl halides is 3. The molecule has 0 aliphatic carbocycles. The maximum Gasteiger partial charge on any atom is 0.406 e. The molecule has 42 heavy (non-hydrogen) atoms. The third kappa shape index (κ3) is 7.12. The smallest absolute Gasteiger partial charge is 0.406 e. The highest BCUT2D eigenvalue weighted by Gasteiger charge is 2.61. The van der Waals surface area contributed by atoms with Crippen LogP contribution in [0.15, 0.2) is 66.9 Å². The zero-order valence-corrected chi connectivity index (χ0v) is 22.5. The van der Waals surface area contributed by atoms with Crippen molar-refractivity contribution in [1.82, 2.24) is 19.7 Å². The van der Waals surface area contributed by atoms with E-state index in [1.165, 1.54) is 17.2 Å². The number of piperazine rings is 1. The lowest BCUT2D eigenvalue weighted by Crippen LogP contribution is -2.66. The molecule has 2 atom stereocenters. The molecule has 0 radical (unpaired) electrons. The molecular formula is C28H30F3N5O6. The van der Waals surface area contributed by atoms with Gasteiger partial charge >= 0.3 is 18.2 Å². The summed E-state index contributed by atoms with van der Waals surface area (Å²) in [5.74, 6) is -2.67. The van der Waals surface area contributed by atoms with Crippen molar-refractivity contribution in [2.24, 2.45) is 5.73 Å². The molecule has 2 saturated heterocycles. The molecule has 14 heteroatoms. The number of hydrogen-bond acceptors (Lipinski definition) is 8. The van der Waals surface area contributed by atoms with Gasteiger partial charge in [0.2, 0.25) is 6.10 Å². The molecular weight excluding hydrogens is 559 g/mol. The highest BCUT2D eigenvalue weighted by Crippen LogP contribution is 2.36. The highest BCUT2D eigenvalue weighted by molar-refractivity contribution is 6.08. The summed E-state index contributed by atoms with van der Waals surface area (Å²) >= 11 is 0. The number of carbonyl (C=O) groups is 4. The lowest BCUT2D eigenvalue weighted by atomic mass is 9.88. The Morgan fingerprint density at radius 3 is 2.50 bits per heavy atom. The molecule has 1 aromatic heterocycles. The van der Waals surface area contributed by atoms with Crippen LogP contribution >= 0.6 is 0 Å². The van der Waals surface area contributed by atoms with Crippen molar-refractivity contribution < 1.29 is 41.8 Å². The minimum Gasteiger partial charge on any atom is -0.447 e. The Labute approximate surface area is 239 Å². The number of rotatable bonds is 11.